The van der Waals surface area contributed by atoms with Gasteiger partial charge in [0.05, 0.1) is 10.4 Å². The number of nitrogens with zero attached hydrogens (tertiary/aromatic N) is 2. The Morgan fingerprint density at radius 2 is 2.09 bits per heavy atom. The van der Waals surface area contributed by atoms with Crippen molar-refractivity contribution in [2.45, 2.75) is 20.3 Å². The summed E-state index contributed by atoms with van der Waals surface area (Å²) in [4.78, 5) is 14.9. The van der Waals surface area contributed by atoms with E-state index in [1.54, 1.807) is 13.2 Å². The summed E-state index contributed by atoms with van der Waals surface area (Å²) in [5, 5.41) is 14.9. The molecule has 2 aromatic rings. The number of ether oxygens (including phenoxy) is 1. The van der Waals surface area contributed by atoms with E-state index in [1.807, 2.05) is 12.1 Å². The van der Waals surface area contributed by atoms with Gasteiger partial charge >= 0.3 is 0 Å². The van der Waals surface area contributed by atoms with E-state index in [1.165, 1.54) is 12.1 Å². The Hall–Kier alpha value is -2.21. The van der Waals surface area contributed by atoms with Crippen molar-refractivity contribution in [2.75, 3.05) is 25.6 Å². The molecule has 0 saturated carbocycles. The number of hydrogen-bond acceptors (Lipinski definition) is 5. The van der Waals surface area contributed by atoms with Gasteiger partial charge in [-0.2, -0.15) is 0 Å². The second kappa shape index (κ2) is 6.70. The van der Waals surface area contributed by atoms with Gasteiger partial charge in [-0.1, -0.05) is 13.8 Å². The Kier molecular flexibility index (Phi) is 4.92. The van der Waals surface area contributed by atoms with Crippen LogP contribution in [0.4, 0.5) is 11.5 Å². The first kappa shape index (κ1) is 16.2. The van der Waals surface area contributed by atoms with Crippen LogP contribution in [0.3, 0.4) is 0 Å². The third kappa shape index (κ3) is 4.14. The summed E-state index contributed by atoms with van der Waals surface area (Å²) in [6, 6.07) is 8.38. The standard InChI is InChI=1S/C16H21N3O3/c1-16(2,8-9-22-3)11-17-15-7-4-12-10-13(19(20)21)5-6-14(12)18-15/h4-7,10H,8-9,11H2,1-3H3,(H,17,18). The number of non-ortho nitro benzene ring substituents is 1. The molecule has 0 atom stereocenters. The summed E-state index contributed by atoms with van der Waals surface area (Å²) >= 11 is 0. The van der Waals surface area contributed by atoms with Gasteiger partial charge in [0, 0.05) is 37.8 Å². The first-order chi connectivity index (χ1) is 10.4. The Morgan fingerprint density at radius 1 is 1.32 bits per heavy atom. The molecular weight excluding hydrogens is 282 g/mol. The van der Waals surface area contributed by atoms with Crippen molar-refractivity contribution < 1.29 is 9.66 Å². The van der Waals surface area contributed by atoms with Gasteiger partial charge < -0.3 is 10.1 Å². The number of rotatable bonds is 7. The van der Waals surface area contributed by atoms with Crippen molar-refractivity contribution in [3.63, 3.8) is 0 Å². The lowest BCUT2D eigenvalue weighted by Crippen LogP contribution is -2.24. The van der Waals surface area contributed by atoms with Crippen molar-refractivity contribution in [1.29, 1.82) is 0 Å². The predicted molar refractivity (Wildman–Crippen MR) is 87.2 cm³/mol. The van der Waals surface area contributed by atoms with Crippen molar-refractivity contribution in [3.05, 3.63) is 40.4 Å². The van der Waals surface area contributed by atoms with Crippen LogP contribution in [-0.2, 0) is 4.74 Å². The van der Waals surface area contributed by atoms with Crippen LogP contribution in [-0.4, -0.2) is 30.2 Å². The highest BCUT2D eigenvalue weighted by Crippen LogP contribution is 2.23. The molecular formula is C16H21N3O3. The van der Waals surface area contributed by atoms with E-state index in [-0.39, 0.29) is 11.1 Å². The number of nitrogens with one attached hydrogen (secondary N) is 1. The fraction of sp³-hybridized carbons (Fsp3) is 0.438. The second-order valence-corrected chi connectivity index (χ2v) is 6.09. The molecule has 0 radical (unpaired) electrons. The fourth-order valence-corrected chi connectivity index (χ4v) is 2.12. The molecule has 0 unspecified atom stereocenters. The van der Waals surface area contributed by atoms with Gasteiger partial charge in [-0.25, -0.2) is 4.98 Å². The number of hydrogen-bond donors (Lipinski definition) is 1. The highest BCUT2D eigenvalue weighted by atomic mass is 16.6. The highest BCUT2D eigenvalue weighted by molar-refractivity contribution is 5.82. The summed E-state index contributed by atoms with van der Waals surface area (Å²) in [6.45, 7) is 5.85. The number of anilines is 1. The van der Waals surface area contributed by atoms with E-state index in [9.17, 15) is 10.1 Å². The number of nitro benzene ring substituents is 1. The molecule has 0 amide bonds. The Balaban J connectivity index is 2.10. The van der Waals surface area contributed by atoms with Crippen molar-refractivity contribution >= 4 is 22.4 Å². The molecule has 0 fully saturated rings. The van der Waals surface area contributed by atoms with Gasteiger partial charge in [-0.05, 0) is 30.0 Å². The Labute approximate surface area is 129 Å². The molecule has 6 heteroatoms. The van der Waals surface area contributed by atoms with Crippen LogP contribution in [0.5, 0.6) is 0 Å². The molecule has 1 heterocycles. The molecule has 0 aliphatic rings. The molecule has 1 aromatic carbocycles. The summed E-state index contributed by atoms with van der Waals surface area (Å²) in [5.41, 5.74) is 0.920. The lowest BCUT2D eigenvalue weighted by Gasteiger charge is -2.24. The molecule has 1 N–H and O–H groups in total. The van der Waals surface area contributed by atoms with Crippen LogP contribution < -0.4 is 5.32 Å². The van der Waals surface area contributed by atoms with Gasteiger partial charge in [0.1, 0.15) is 5.82 Å². The third-order valence-corrected chi connectivity index (χ3v) is 3.61. The molecule has 0 bridgehead atoms. The Bertz CT molecular complexity index is 671. The first-order valence-electron chi connectivity index (χ1n) is 7.19. The van der Waals surface area contributed by atoms with Crippen LogP contribution in [0.2, 0.25) is 0 Å². The molecule has 0 spiro atoms. The molecule has 0 aliphatic heterocycles. The van der Waals surface area contributed by atoms with Crippen molar-refractivity contribution in [3.8, 4) is 0 Å². The maximum atomic E-state index is 10.8. The maximum Gasteiger partial charge on any atom is 0.270 e. The van der Waals surface area contributed by atoms with Gasteiger partial charge in [-0.15, -0.1) is 0 Å². The van der Waals surface area contributed by atoms with E-state index in [0.29, 0.717) is 0 Å². The predicted octanol–water partition coefficient (Wildman–Crippen LogP) is 3.62. The summed E-state index contributed by atoms with van der Waals surface area (Å²) < 4.78 is 5.12. The quantitative estimate of drug-likeness (QED) is 0.624. The largest absolute Gasteiger partial charge is 0.385 e. The van der Waals surface area contributed by atoms with Crippen molar-refractivity contribution in [2.24, 2.45) is 5.41 Å². The van der Waals surface area contributed by atoms with E-state index in [0.717, 1.165) is 36.3 Å². The maximum absolute atomic E-state index is 10.8. The molecule has 0 aliphatic carbocycles. The zero-order valence-corrected chi connectivity index (χ0v) is 13.1. The van der Waals surface area contributed by atoms with E-state index < -0.39 is 4.92 Å². The van der Waals surface area contributed by atoms with E-state index in [4.69, 9.17) is 4.74 Å². The van der Waals surface area contributed by atoms with Gasteiger partial charge in [0.25, 0.3) is 5.69 Å². The molecule has 2 rings (SSSR count). The van der Waals surface area contributed by atoms with Gasteiger partial charge in [-0.3, -0.25) is 10.1 Å². The lowest BCUT2D eigenvalue weighted by molar-refractivity contribution is -0.384. The average molecular weight is 303 g/mol. The zero-order chi connectivity index (χ0) is 16.2. The molecule has 0 saturated heterocycles. The monoisotopic (exact) mass is 303 g/mol. The van der Waals surface area contributed by atoms with Gasteiger partial charge in [0.15, 0.2) is 0 Å². The van der Waals surface area contributed by atoms with Crippen molar-refractivity contribution in [1.82, 2.24) is 4.98 Å². The summed E-state index contributed by atoms with van der Waals surface area (Å²) in [5.74, 6) is 0.770. The number of aromatic nitrogens is 1. The SMILES string of the molecule is COCCC(C)(C)CNc1ccc2cc([N+](=O)[O-])ccc2n1. The average Bonchev–Trinajstić information content (AvgIpc) is 2.50. The van der Waals surface area contributed by atoms with Crippen LogP contribution in [0, 0.1) is 15.5 Å². The van der Waals surface area contributed by atoms with E-state index in [2.05, 4.69) is 24.1 Å². The smallest absolute Gasteiger partial charge is 0.270 e. The van der Waals surface area contributed by atoms with Crippen LogP contribution >= 0.6 is 0 Å². The number of fused-ring (bicyclic) bond motifs is 1. The van der Waals surface area contributed by atoms with Crippen LogP contribution in [0.25, 0.3) is 10.9 Å². The normalized spacial score (nSPS) is 11.6. The minimum absolute atomic E-state index is 0.0794. The van der Waals surface area contributed by atoms with Gasteiger partial charge in [0.2, 0.25) is 0 Å². The van der Waals surface area contributed by atoms with Crippen LogP contribution in [0.1, 0.15) is 20.3 Å². The fourth-order valence-electron chi connectivity index (χ4n) is 2.12. The molecule has 1 aromatic heterocycles. The van der Waals surface area contributed by atoms with E-state index >= 15 is 0 Å². The number of nitro groups is 1. The summed E-state index contributed by atoms with van der Waals surface area (Å²) in [6.07, 6.45) is 0.955. The Morgan fingerprint density at radius 3 is 2.77 bits per heavy atom. The second-order valence-electron chi connectivity index (χ2n) is 6.09. The number of methoxy groups -OCH3 is 1. The number of pyridine rings is 1. The molecule has 22 heavy (non-hydrogen) atoms. The first-order valence-corrected chi connectivity index (χ1v) is 7.19. The summed E-state index contributed by atoms with van der Waals surface area (Å²) in [7, 11) is 1.70. The third-order valence-electron chi connectivity index (χ3n) is 3.61. The lowest BCUT2D eigenvalue weighted by atomic mass is 9.90. The molecule has 118 valence electrons. The zero-order valence-electron chi connectivity index (χ0n) is 13.1. The minimum Gasteiger partial charge on any atom is -0.385 e. The minimum atomic E-state index is -0.399. The highest BCUT2D eigenvalue weighted by Gasteiger charge is 2.17. The molecule has 6 nitrogen and oxygen atoms in total. The van der Waals surface area contributed by atoms with Crippen LogP contribution in [0.15, 0.2) is 30.3 Å². The number of benzene rings is 1. The topological polar surface area (TPSA) is 77.3 Å².